The van der Waals surface area contributed by atoms with Gasteiger partial charge in [-0.05, 0) is 73.2 Å². The summed E-state index contributed by atoms with van der Waals surface area (Å²) in [6.45, 7) is 8.17. The number of anilines is 1. The van der Waals surface area contributed by atoms with Crippen molar-refractivity contribution in [2.45, 2.75) is 24.3 Å². The van der Waals surface area contributed by atoms with Crippen molar-refractivity contribution in [3.8, 4) is 5.75 Å². The first-order valence-electron chi connectivity index (χ1n) is 11.9. The van der Waals surface area contributed by atoms with Crippen LogP contribution in [0.3, 0.4) is 0 Å². The molecule has 2 fully saturated rings. The summed E-state index contributed by atoms with van der Waals surface area (Å²) in [5.41, 5.74) is 3.97. The van der Waals surface area contributed by atoms with Gasteiger partial charge in [-0.25, -0.2) is 0 Å². The van der Waals surface area contributed by atoms with Gasteiger partial charge in [-0.2, -0.15) is 0 Å². The minimum atomic E-state index is -0.0539. The number of carbonyl (C=O) groups is 1. The minimum absolute atomic E-state index is 0.0539. The van der Waals surface area contributed by atoms with Crippen molar-refractivity contribution in [2.75, 3.05) is 62.3 Å². The molecular weight excluding hydrogens is 450 g/mol. The summed E-state index contributed by atoms with van der Waals surface area (Å²) in [6, 6.07) is 17.0. The van der Waals surface area contributed by atoms with E-state index in [1.807, 2.05) is 35.7 Å². The van der Waals surface area contributed by atoms with Crippen LogP contribution in [0.5, 0.6) is 5.75 Å². The van der Waals surface area contributed by atoms with E-state index >= 15 is 0 Å². The summed E-state index contributed by atoms with van der Waals surface area (Å²) in [7, 11) is 0. The van der Waals surface area contributed by atoms with Gasteiger partial charge in [-0.3, -0.25) is 9.69 Å². The van der Waals surface area contributed by atoms with Crippen molar-refractivity contribution in [3.63, 3.8) is 0 Å². The molecule has 2 aliphatic heterocycles. The van der Waals surface area contributed by atoms with Crippen molar-refractivity contribution in [2.24, 2.45) is 0 Å². The third kappa shape index (κ3) is 7.59. The van der Waals surface area contributed by atoms with Gasteiger partial charge in [0.05, 0.1) is 4.58 Å². The zero-order valence-corrected chi connectivity index (χ0v) is 21.1. The summed E-state index contributed by atoms with van der Waals surface area (Å²) in [6.07, 6.45) is 2.26. The quantitative estimate of drug-likeness (QED) is 0.525. The lowest BCUT2D eigenvalue weighted by molar-refractivity contribution is -0.123. The van der Waals surface area contributed by atoms with Crippen LogP contribution in [-0.4, -0.2) is 68.2 Å². The van der Waals surface area contributed by atoms with Crippen LogP contribution >= 0.6 is 23.5 Å². The lowest BCUT2D eigenvalue weighted by atomic mass is 10.2. The van der Waals surface area contributed by atoms with Gasteiger partial charge in [-0.1, -0.05) is 24.3 Å². The molecule has 2 aromatic rings. The zero-order valence-electron chi connectivity index (χ0n) is 19.5. The molecule has 178 valence electrons. The van der Waals surface area contributed by atoms with Crippen LogP contribution in [0.4, 0.5) is 5.69 Å². The molecule has 1 N–H and O–H groups in total. The molecule has 33 heavy (non-hydrogen) atoms. The predicted octanol–water partition coefficient (Wildman–Crippen LogP) is 4.57. The van der Waals surface area contributed by atoms with Crippen LogP contribution in [0.2, 0.25) is 0 Å². The average Bonchev–Trinajstić information content (AvgIpc) is 2.86. The number of ether oxygens (including phenoxy) is 1. The number of piperazine rings is 1. The van der Waals surface area contributed by atoms with Crippen molar-refractivity contribution in [1.29, 1.82) is 0 Å². The molecule has 0 aromatic heterocycles. The highest BCUT2D eigenvalue weighted by atomic mass is 32.2. The number of carbonyl (C=O) groups excluding carboxylic acids is 1. The lowest BCUT2D eigenvalue weighted by Gasteiger charge is -2.36. The second kappa shape index (κ2) is 12.6. The van der Waals surface area contributed by atoms with Crippen molar-refractivity contribution < 1.29 is 9.53 Å². The Balaban J connectivity index is 1.08. The molecule has 0 spiro atoms. The number of amides is 1. The van der Waals surface area contributed by atoms with Crippen molar-refractivity contribution >= 4 is 35.1 Å². The van der Waals surface area contributed by atoms with Gasteiger partial charge in [-0.15, -0.1) is 23.5 Å². The normalized spacial score (nSPS) is 17.7. The third-order valence-corrected chi connectivity index (χ3v) is 9.08. The fraction of sp³-hybridized carbons (Fsp3) is 0.500. The Kier molecular flexibility index (Phi) is 9.26. The van der Waals surface area contributed by atoms with Gasteiger partial charge in [0.1, 0.15) is 5.75 Å². The van der Waals surface area contributed by atoms with Gasteiger partial charge in [0.2, 0.25) is 0 Å². The molecule has 0 aliphatic carbocycles. The van der Waals surface area contributed by atoms with Crippen LogP contribution in [0, 0.1) is 6.92 Å². The molecule has 2 aromatic carbocycles. The molecule has 0 saturated carbocycles. The van der Waals surface area contributed by atoms with Crippen LogP contribution in [0.15, 0.2) is 48.5 Å². The number of nitrogens with zero attached hydrogens (tertiary/aromatic N) is 2. The highest BCUT2D eigenvalue weighted by Gasteiger charge is 2.18. The van der Waals surface area contributed by atoms with E-state index in [4.69, 9.17) is 4.74 Å². The fourth-order valence-corrected chi connectivity index (χ4v) is 7.08. The third-order valence-electron chi connectivity index (χ3n) is 6.06. The van der Waals surface area contributed by atoms with E-state index in [2.05, 4.69) is 58.4 Å². The highest BCUT2D eigenvalue weighted by molar-refractivity contribution is 8.16. The topological polar surface area (TPSA) is 44.8 Å². The second-order valence-electron chi connectivity index (χ2n) is 8.66. The minimum Gasteiger partial charge on any atom is -0.484 e. The van der Waals surface area contributed by atoms with E-state index in [0.717, 1.165) is 44.9 Å². The molecule has 4 rings (SSSR count). The molecule has 2 aliphatic rings. The number of thioether (sulfide) groups is 2. The number of nitrogens with one attached hydrogen (secondary N) is 1. The van der Waals surface area contributed by atoms with Crippen LogP contribution in [-0.2, 0) is 4.79 Å². The molecule has 0 atom stereocenters. The first kappa shape index (κ1) is 24.3. The second-order valence-corrected chi connectivity index (χ2v) is 11.4. The molecule has 0 radical (unpaired) electrons. The number of aryl methyl sites for hydroxylation is 1. The largest absolute Gasteiger partial charge is 0.484 e. The van der Waals surface area contributed by atoms with E-state index in [0.29, 0.717) is 11.1 Å². The molecular formula is C26H35N3O2S2. The van der Waals surface area contributed by atoms with E-state index in [9.17, 15) is 4.79 Å². The summed E-state index contributed by atoms with van der Waals surface area (Å²) in [5, 5.41) is 2.99. The molecule has 2 heterocycles. The van der Waals surface area contributed by atoms with Crippen LogP contribution in [0.25, 0.3) is 0 Å². The van der Waals surface area contributed by atoms with Crippen molar-refractivity contribution in [3.05, 3.63) is 59.7 Å². The van der Waals surface area contributed by atoms with E-state index in [-0.39, 0.29) is 12.5 Å². The smallest absolute Gasteiger partial charge is 0.257 e. The Bertz CT molecular complexity index is 879. The monoisotopic (exact) mass is 485 g/mol. The number of hydrogen-bond acceptors (Lipinski definition) is 6. The number of benzene rings is 2. The fourth-order valence-electron chi connectivity index (χ4n) is 4.19. The first-order valence-corrected chi connectivity index (χ1v) is 14.0. The Hall–Kier alpha value is -1.83. The van der Waals surface area contributed by atoms with Gasteiger partial charge in [0.15, 0.2) is 6.61 Å². The van der Waals surface area contributed by atoms with E-state index in [1.54, 1.807) is 0 Å². The van der Waals surface area contributed by atoms with E-state index in [1.165, 1.54) is 34.7 Å². The van der Waals surface area contributed by atoms with Crippen LogP contribution in [0.1, 0.15) is 28.6 Å². The molecule has 2 saturated heterocycles. The average molecular weight is 486 g/mol. The predicted molar refractivity (Wildman–Crippen MR) is 142 cm³/mol. The molecule has 7 heteroatoms. The Morgan fingerprint density at radius 1 is 1.06 bits per heavy atom. The molecule has 0 bridgehead atoms. The van der Waals surface area contributed by atoms with Crippen LogP contribution < -0.4 is 15.0 Å². The summed E-state index contributed by atoms with van der Waals surface area (Å²) < 4.78 is 6.21. The molecule has 5 nitrogen and oxygen atoms in total. The van der Waals surface area contributed by atoms with Crippen molar-refractivity contribution in [1.82, 2.24) is 10.2 Å². The van der Waals surface area contributed by atoms with Gasteiger partial charge in [0.25, 0.3) is 5.91 Å². The molecule has 0 unspecified atom stereocenters. The number of hydrogen-bond donors (Lipinski definition) is 1. The highest BCUT2D eigenvalue weighted by Crippen LogP contribution is 2.43. The van der Waals surface area contributed by atoms with Gasteiger partial charge < -0.3 is 15.0 Å². The maximum atomic E-state index is 12.1. The number of rotatable bonds is 9. The first-order chi connectivity index (χ1) is 16.2. The van der Waals surface area contributed by atoms with Gasteiger partial charge in [0, 0.05) is 38.4 Å². The summed E-state index contributed by atoms with van der Waals surface area (Å²) >= 11 is 4.03. The Morgan fingerprint density at radius 2 is 1.82 bits per heavy atom. The van der Waals surface area contributed by atoms with Gasteiger partial charge >= 0.3 is 0 Å². The summed E-state index contributed by atoms with van der Waals surface area (Å²) in [4.78, 5) is 17.1. The maximum Gasteiger partial charge on any atom is 0.257 e. The van der Waals surface area contributed by atoms with E-state index < -0.39 is 0 Å². The molecule has 1 amide bonds. The standard InChI is InChI=1S/C26H35N3O2S2/c1-21-5-2-6-23(19-21)29-15-13-28(14-16-29)12-3-11-27-25(30)20-31-24-9-7-22(8-10-24)26-32-17-4-18-33-26/h2,5-10,19,26H,3-4,11-18,20H2,1H3,(H,27,30). The lowest BCUT2D eigenvalue weighted by Crippen LogP contribution is -2.47. The Labute approximate surface area is 206 Å². The Morgan fingerprint density at radius 3 is 2.55 bits per heavy atom. The SMILES string of the molecule is Cc1cccc(N2CCN(CCCNC(=O)COc3ccc(C4SCCCS4)cc3)CC2)c1. The summed E-state index contributed by atoms with van der Waals surface area (Å²) in [5.74, 6) is 3.17. The zero-order chi connectivity index (χ0) is 22.9. The maximum absolute atomic E-state index is 12.1.